The van der Waals surface area contributed by atoms with Gasteiger partial charge in [-0.05, 0) is 31.3 Å². The smallest absolute Gasteiger partial charge is 0.156 e. The van der Waals surface area contributed by atoms with E-state index in [1.165, 1.54) is 12.8 Å². The molecule has 0 unspecified atom stereocenters. The number of benzene rings is 1. The van der Waals surface area contributed by atoms with Crippen LogP contribution in [0.2, 0.25) is 0 Å². The number of rotatable bonds is 3. The minimum atomic E-state index is 0.351. The van der Waals surface area contributed by atoms with Gasteiger partial charge in [-0.1, -0.05) is 31.2 Å². The van der Waals surface area contributed by atoms with Crippen LogP contribution in [0.5, 0.6) is 0 Å². The highest BCUT2D eigenvalue weighted by Gasteiger charge is 2.26. The fourth-order valence-corrected chi connectivity index (χ4v) is 2.66. The molecule has 19 heavy (non-hydrogen) atoms. The Morgan fingerprint density at radius 2 is 2.05 bits per heavy atom. The maximum atomic E-state index is 4.25. The normalized spacial score (nSPS) is 18.4. The molecular weight excluding hydrogens is 236 g/mol. The van der Waals surface area contributed by atoms with Crippen molar-refractivity contribution in [1.82, 2.24) is 15.5 Å². The van der Waals surface area contributed by atoms with E-state index in [2.05, 4.69) is 39.9 Å². The van der Waals surface area contributed by atoms with Gasteiger partial charge < -0.3 is 10.6 Å². The molecule has 1 aliphatic heterocycles. The molecule has 1 aromatic carbocycles. The van der Waals surface area contributed by atoms with Crippen molar-refractivity contribution >= 4 is 16.6 Å². The van der Waals surface area contributed by atoms with Gasteiger partial charge >= 0.3 is 0 Å². The Morgan fingerprint density at radius 1 is 1.26 bits per heavy atom. The van der Waals surface area contributed by atoms with Crippen molar-refractivity contribution < 1.29 is 0 Å². The van der Waals surface area contributed by atoms with Crippen LogP contribution in [0.1, 0.15) is 19.8 Å². The molecule has 0 saturated carbocycles. The topological polar surface area (TPSA) is 49.8 Å². The molecule has 1 aliphatic rings. The second-order valence-electron chi connectivity index (χ2n) is 5.69. The summed E-state index contributed by atoms with van der Waals surface area (Å²) in [5, 5.41) is 17.5. The molecule has 1 fully saturated rings. The quantitative estimate of drug-likeness (QED) is 0.885. The number of piperidine rings is 1. The first-order valence-corrected chi connectivity index (χ1v) is 6.92. The fourth-order valence-electron chi connectivity index (χ4n) is 2.66. The first-order valence-electron chi connectivity index (χ1n) is 6.92. The van der Waals surface area contributed by atoms with Crippen LogP contribution in [-0.2, 0) is 0 Å². The Bertz CT molecular complexity index is 556. The average molecular weight is 256 g/mol. The second-order valence-corrected chi connectivity index (χ2v) is 5.69. The van der Waals surface area contributed by atoms with Crippen LogP contribution in [0.25, 0.3) is 10.8 Å². The SMILES string of the molecule is CC1(CNc2nncc3ccccc23)CCNCC1. The zero-order chi connectivity index (χ0) is 13.1. The van der Waals surface area contributed by atoms with E-state index in [1.807, 2.05) is 18.3 Å². The van der Waals surface area contributed by atoms with E-state index in [1.54, 1.807) is 0 Å². The molecule has 1 aromatic heterocycles. The number of nitrogens with one attached hydrogen (secondary N) is 2. The van der Waals surface area contributed by atoms with E-state index in [-0.39, 0.29) is 0 Å². The van der Waals surface area contributed by atoms with Gasteiger partial charge in [-0.25, -0.2) is 0 Å². The Hall–Kier alpha value is -1.68. The van der Waals surface area contributed by atoms with Crippen molar-refractivity contribution in [3.05, 3.63) is 30.5 Å². The Kier molecular flexibility index (Phi) is 3.34. The number of anilines is 1. The van der Waals surface area contributed by atoms with Crippen LogP contribution in [0, 0.1) is 5.41 Å². The highest BCUT2D eigenvalue weighted by molar-refractivity contribution is 5.90. The lowest BCUT2D eigenvalue weighted by Gasteiger charge is -2.34. The van der Waals surface area contributed by atoms with E-state index in [0.29, 0.717) is 5.41 Å². The van der Waals surface area contributed by atoms with Crippen molar-refractivity contribution in [2.24, 2.45) is 5.41 Å². The van der Waals surface area contributed by atoms with Crippen molar-refractivity contribution in [1.29, 1.82) is 0 Å². The summed E-state index contributed by atoms with van der Waals surface area (Å²) in [6.45, 7) is 5.52. The summed E-state index contributed by atoms with van der Waals surface area (Å²) in [5.41, 5.74) is 0.351. The molecule has 0 bridgehead atoms. The summed E-state index contributed by atoms with van der Waals surface area (Å²) in [7, 11) is 0. The number of aromatic nitrogens is 2. The van der Waals surface area contributed by atoms with E-state index in [9.17, 15) is 0 Å². The molecule has 3 rings (SSSR count). The van der Waals surface area contributed by atoms with Gasteiger partial charge in [0.15, 0.2) is 5.82 Å². The van der Waals surface area contributed by atoms with Gasteiger partial charge in [-0.3, -0.25) is 0 Å². The van der Waals surface area contributed by atoms with E-state index >= 15 is 0 Å². The summed E-state index contributed by atoms with van der Waals surface area (Å²) < 4.78 is 0. The van der Waals surface area contributed by atoms with Crippen molar-refractivity contribution in [2.45, 2.75) is 19.8 Å². The van der Waals surface area contributed by atoms with E-state index < -0.39 is 0 Å². The fraction of sp³-hybridized carbons (Fsp3) is 0.467. The molecule has 1 saturated heterocycles. The minimum Gasteiger partial charge on any atom is -0.368 e. The molecule has 2 aromatic rings. The van der Waals surface area contributed by atoms with Crippen LogP contribution in [0.4, 0.5) is 5.82 Å². The molecule has 0 atom stereocenters. The van der Waals surface area contributed by atoms with Gasteiger partial charge in [0.05, 0.1) is 6.20 Å². The summed E-state index contributed by atoms with van der Waals surface area (Å²) in [6, 6.07) is 8.24. The number of hydrogen-bond donors (Lipinski definition) is 2. The third kappa shape index (κ3) is 2.68. The van der Waals surface area contributed by atoms with Gasteiger partial charge in [0, 0.05) is 17.3 Å². The molecule has 0 aliphatic carbocycles. The zero-order valence-electron chi connectivity index (χ0n) is 11.3. The largest absolute Gasteiger partial charge is 0.368 e. The monoisotopic (exact) mass is 256 g/mol. The minimum absolute atomic E-state index is 0.351. The molecule has 2 N–H and O–H groups in total. The number of nitrogens with zero attached hydrogens (tertiary/aromatic N) is 2. The van der Waals surface area contributed by atoms with Gasteiger partial charge in [0.25, 0.3) is 0 Å². The van der Waals surface area contributed by atoms with Gasteiger partial charge in [-0.2, -0.15) is 5.10 Å². The highest BCUT2D eigenvalue weighted by atomic mass is 15.2. The van der Waals surface area contributed by atoms with Crippen molar-refractivity contribution in [2.75, 3.05) is 25.0 Å². The Balaban J connectivity index is 1.78. The van der Waals surface area contributed by atoms with Gasteiger partial charge in [0.2, 0.25) is 0 Å². The van der Waals surface area contributed by atoms with Crippen molar-refractivity contribution in [3.63, 3.8) is 0 Å². The zero-order valence-corrected chi connectivity index (χ0v) is 11.3. The van der Waals surface area contributed by atoms with Crippen LogP contribution >= 0.6 is 0 Å². The summed E-state index contributed by atoms with van der Waals surface area (Å²) in [4.78, 5) is 0. The summed E-state index contributed by atoms with van der Waals surface area (Å²) >= 11 is 0. The maximum absolute atomic E-state index is 4.25. The maximum Gasteiger partial charge on any atom is 0.156 e. The van der Waals surface area contributed by atoms with Crippen LogP contribution < -0.4 is 10.6 Å². The number of fused-ring (bicyclic) bond motifs is 1. The first kappa shape index (κ1) is 12.4. The highest BCUT2D eigenvalue weighted by Crippen LogP contribution is 2.29. The second kappa shape index (κ2) is 5.13. The third-order valence-corrected chi connectivity index (χ3v) is 4.06. The molecule has 0 amide bonds. The van der Waals surface area contributed by atoms with Gasteiger partial charge in [-0.15, -0.1) is 5.10 Å². The van der Waals surface area contributed by atoms with E-state index in [4.69, 9.17) is 0 Å². The van der Waals surface area contributed by atoms with Crippen LogP contribution in [0.15, 0.2) is 30.5 Å². The van der Waals surface area contributed by atoms with Crippen LogP contribution in [-0.4, -0.2) is 29.8 Å². The average Bonchev–Trinajstić information content (AvgIpc) is 2.46. The van der Waals surface area contributed by atoms with Gasteiger partial charge in [0.1, 0.15) is 0 Å². The summed E-state index contributed by atoms with van der Waals surface area (Å²) in [5.74, 6) is 0.901. The standard InChI is InChI=1S/C15H20N4/c1-15(6-8-16-9-7-15)11-17-14-13-5-3-2-4-12(13)10-18-19-14/h2-5,10,16H,6-9,11H2,1H3,(H,17,19). The summed E-state index contributed by atoms with van der Waals surface area (Å²) in [6.07, 6.45) is 4.23. The molecular formula is C15H20N4. The molecule has 0 spiro atoms. The predicted octanol–water partition coefficient (Wildman–Crippen LogP) is 2.43. The van der Waals surface area contributed by atoms with E-state index in [0.717, 1.165) is 36.2 Å². The third-order valence-electron chi connectivity index (χ3n) is 4.06. The first-order chi connectivity index (χ1) is 9.27. The lowest BCUT2D eigenvalue weighted by Crippen LogP contribution is -2.39. The number of hydrogen-bond acceptors (Lipinski definition) is 4. The Labute approximate surface area is 113 Å². The molecule has 4 heteroatoms. The predicted molar refractivity (Wildman–Crippen MR) is 78.2 cm³/mol. The molecule has 100 valence electrons. The Morgan fingerprint density at radius 3 is 2.89 bits per heavy atom. The molecule has 0 radical (unpaired) electrons. The lowest BCUT2D eigenvalue weighted by atomic mass is 9.81. The van der Waals surface area contributed by atoms with Crippen LogP contribution in [0.3, 0.4) is 0 Å². The van der Waals surface area contributed by atoms with Crippen molar-refractivity contribution in [3.8, 4) is 0 Å². The lowest BCUT2D eigenvalue weighted by molar-refractivity contribution is 0.247. The molecule has 4 nitrogen and oxygen atoms in total. The molecule has 2 heterocycles.